The predicted molar refractivity (Wildman–Crippen MR) is 107 cm³/mol. The van der Waals surface area contributed by atoms with Crippen LogP contribution in [0.3, 0.4) is 0 Å². The van der Waals surface area contributed by atoms with Crippen molar-refractivity contribution in [2.75, 3.05) is 21.2 Å². The smallest absolute Gasteiger partial charge is 0.252 e. The molecule has 0 saturated heterocycles. The van der Waals surface area contributed by atoms with Gasteiger partial charge in [0, 0.05) is 11.1 Å². The summed E-state index contributed by atoms with van der Waals surface area (Å²) in [6, 6.07) is 13.7. The molecular formula is C22H30N2O2. The van der Waals surface area contributed by atoms with Crippen LogP contribution in [0.15, 0.2) is 42.5 Å². The lowest BCUT2D eigenvalue weighted by Crippen LogP contribution is -2.50. The van der Waals surface area contributed by atoms with Crippen molar-refractivity contribution in [1.29, 1.82) is 0 Å². The van der Waals surface area contributed by atoms with Gasteiger partial charge in [0.05, 0.1) is 13.2 Å². The van der Waals surface area contributed by atoms with Gasteiger partial charge >= 0.3 is 0 Å². The Hall–Kier alpha value is -2.33. The minimum absolute atomic E-state index is 0.0722. The standard InChI is InChI=1S/C22H30N2O2/c1-15-16(2)19(26-7)14-13-18(15)21(25)23-20(22(3,4)24(5)6)17-11-9-8-10-12-17/h8-14,20H,1-7H3,(H,23,25). The summed E-state index contributed by atoms with van der Waals surface area (Å²) in [5.74, 6) is 0.726. The monoisotopic (exact) mass is 354 g/mol. The van der Waals surface area contributed by atoms with Crippen LogP contribution in [0.1, 0.15) is 46.9 Å². The number of nitrogens with one attached hydrogen (secondary N) is 1. The number of nitrogens with zero attached hydrogens (tertiary/aromatic N) is 1. The largest absolute Gasteiger partial charge is 0.496 e. The Morgan fingerprint density at radius 1 is 1.04 bits per heavy atom. The van der Waals surface area contributed by atoms with Crippen LogP contribution in [0.5, 0.6) is 5.75 Å². The molecule has 0 aliphatic rings. The van der Waals surface area contributed by atoms with Crippen LogP contribution < -0.4 is 10.1 Å². The van der Waals surface area contributed by atoms with Gasteiger partial charge in [-0.3, -0.25) is 4.79 Å². The van der Waals surface area contributed by atoms with Crippen LogP contribution in [-0.2, 0) is 0 Å². The van der Waals surface area contributed by atoms with Crippen molar-refractivity contribution < 1.29 is 9.53 Å². The van der Waals surface area contributed by atoms with Crippen molar-refractivity contribution in [3.8, 4) is 5.75 Å². The van der Waals surface area contributed by atoms with E-state index in [1.54, 1.807) is 7.11 Å². The summed E-state index contributed by atoms with van der Waals surface area (Å²) in [6.07, 6.45) is 0. The van der Waals surface area contributed by atoms with Gasteiger partial charge in [-0.25, -0.2) is 0 Å². The second-order valence-electron chi connectivity index (χ2n) is 7.43. The molecule has 0 bridgehead atoms. The third-order valence-corrected chi connectivity index (χ3v) is 5.47. The van der Waals surface area contributed by atoms with Gasteiger partial charge in [0.25, 0.3) is 5.91 Å². The first kappa shape index (κ1) is 20.0. The molecule has 0 spiro atoms. The van der Waals surface area contributed by atoms with Crippen LogP contribution in [-0.4, -0.2) is 37.6 Å². The Kier molecular flexibility index (Phi) is 6.09. The molecule has 0 fully saturated rings. The first-order valence-corrected chi connectivity index (χ1v) is 8.87. The second-order valence-corrected chi connectivity index (χ2v) is 7.43. The number of hydrogen-bond acceptors (Lipinski definition) is 3. The van der Waals surface area contributed by atoms with E-state index in [0.717, 1.165) is 22.4 Å². The zero-order valence-corrected chi connectivity index (χ0v) is 16.9. The molecule has 0 radical (unpaired) electrons. The van der Waals surface area contributed by atoms with Crippen molar-refractivity contribution in [3.05, 3.63) is 64.7 Å². The average Bonchev–Trinajstić information content (AvgIpc) is 2.62. The maximum absolute atomic E-state index is 13.1. The Morgan fingerprint density at radius 2 is 1.65 bits per heavy atom. The fraction of sp³-hybridized carbons (Fsp3) is 0.409. The predicted octanol–water partition coefficient (Wildman–Crippen LogP) is 4.12. The first-order chi connectivity index (χ1) is 12.2. The maximum Gasteiger partial charge on any atom is 0.252 e. The number of ether oxygens (including phenoxy) is 1. The van der Waals surface area contributed by atoms with Crippen molar-refractivity contribution in [2.45, 2.75) is 39.3 Å². The molecule has 1 N–H and O–H groups in total. The number of rotatable bonds is 6. The third-order valence-electron chi connectivity index (χ3n) is 5.47. The summed E-state index contributed by atoms with van der Waals surface area (Å²) < 4.78 is 5.36. The van der Waals surface area contributed by atoms with Gasteiger partial charge in [-0.1, -0.05) is 30.3 Å². The molecule has 2 aromatic carbocycles. The molecule has 4 nitrogen and oxygen atoms in total. The van der Waals surface area contributed by atoms with Crippen LogP contribution in [0.2, 0.25) is 0 Å². The topological polar surface area (TPSA) is 41.6 Å². The maximum atomic E-state index is 13.1. The molecule has 2 rings (SSSR count). The van der Waals surface area contributed by atoms with Gasteiger partial charge in [-0.05, 0) is 70.6 Å². The summed E-state index contributed by atoms with van der Waals surface area (Å²) in [4.78, 5) is 15.2. The van der Waals surface area contributed by atoms with E-state index >= 15 is 0 Å². The van der Waals surface area contributed by atoms with Gasteiger partial charge in [0.15, 0.2) is 0 Å². The fourth-order valence-electron chi connectivity index (χ4n) is 3.04. The van der Waals surface area contributed by atoms with E-state index in [2.05, 4.69) is 36.2 Å². The molecule has 1 amide bonds. The molecule has 1 atom stereocenters. The Bertz CT molecular complexity index is 767. The van der Waals surface area contributed by atoms with E-state index in [1.165, 1.54) is 0 Å². The van der Waals surface area contributed by atoms with Gasteiger partial charge in [0.2, 0.25) is 0 Å². The van der Waals surface area contributed by atoms with E-state index in [9.17, 15) is 4.79 Å². The number of hydrogen-bond donors (Lipinski definition) is 1. The Morgan fingerprint density at radius 3 is 2.19 bits per heavy atom. The molecule has 0 aliphatic heterocycles. The molecule has 0 saturated carbocycles. The van der Waals surface area contributed by atoms with E-state index in [4.69, 9.17) is 4.74 Å². The van der Waals surface area contributed by atoms with Crippen molar-refractivity contribution in [3.63, 3.8) is 0 Å². The molecular weight excluding hydrogens is 324 g/mol. The second kappa shape index (κ2) is 7.92. The lowest BCUT2D eigenvalue weighted by atomic mass is 9.87. The third kappa shape index (κ3) is 3.91. The summed E-state index contributed by atoms with van der Waals surface area (Å²) in [5.41, 5.74) is 3.44. The molecule has 4 heteroatoms. The number of carbonyl (C=O) groups excluding carboxylic acids is 1. The van der Waals surface area contributed by atoms with E-state index in [-0.39, 0.29) is 17.5 Å². The van der Waals surface area contributed by atoms with Gasteiger partial charge < -0.3 is 15.0 Å². The van der Waals surface area contributed by atoms with Crippen molar-refractivity contribution in [2.24, 2.45) is 0 Å². The lowest BCUT2D eigenvalue weighted by Gasteiger charge is -2.41. The first-order valence-electron chi connectivity index (χ1n) is 8.87. The molecule has 1 unspecified atom stereocenters. The number of benzene rings is 2. The number of amides is 1. The van der Waals surface area contributed by atoms with E-state index < -0.39 is 0 Å². The number of carbonyl (C=O) groups is 1. The number of methoxy groups -OCH3 is 1. The van der Waals surface area contributed by atoms with Crippen LogP contribution in [0.4, 0.5) is 0 Å². The fourth-order valence-corrected chi connectivity index (χ4v) is 3.04. The zero-order valence-electron chi connectivity index (χ0n) is 16.9. The highest BCUT2D eigenvalue weighted by atomic mass is 16.5. The van der Waals surface area contributed by atoms with Crippen LogP contribution in [0.25, 0.3) is 0 Å². The molecule has 2 aromatic rings. The Balaban J connectivity index is 2.40. The molecule has 0 aromatic heterocycles. The highest BCUT2D eigenvalue weighted by Crippen LogP contribution is 2.31. The SMILES string of the molecule is COc1ccc(C(=O)NC(c2ccccc2)C(C)(C)N(C)C)c(C)c1C. The quantitative estimate of drug-likeness (QED) is 0.848. The minimum atomic E-state index is -0.258. The van der Waals surface area contributed by atoms with Crippen molar-refractivity contribution >= 4 is 5.91 Å². The van der Waals surface area contributed by atoms with Crippen LogP contribution in [0, 0.1) is 13.8 Å². The van der Waals surface area contributed by atoms with E-state index in [0.29, 0.717) is 5.56 Å². The highest BCUT2D eigenvalue weighted by molar-refractivity contribution is 5.96. The van der Waals surface area contributed by atoms with Gasteiger partial charge in [-0.2, -0.15) is 0 Å². The normalized spacial score (nSPS) is 12.8. The molecule has 140 valence electrons. The lowest BCUT2D eigenvalue weighted by molar-refractivity contribution is 0.0839. The zero-order chi connectivity index (χ0) is 19.5. The molecule has 0 heterocycles. The Labute approximate surface area is 157 Å². The summed E-state index contributed by atoms with van der Waals surface area (Å²) in [7, 11) is 5.71. The average molecular weight is 354 g/mol. The van der Waals surface area contributed by atoms with Crippen molar-refractivity contribution in [1.82, 2.24) is 10.2 Å². The summed E-state index contributed by atoms with van der Waals surface area (Å²) in [5, 5.41) is 3.26. The van der Waals surface area contributed by atoms with E-state index in [1.807, 2.05) is 58.3 Å². The van der Waals surface area contributed by atoms with Crippen LogP contribution >= 0.6 is 0 Å². The number of likely N-dealkylation sites (N-methyl/N-ethyl adjacent to an activating group) is 1. The minimum Gasteiger partial charge on any atom is -0.496 e. The highest BCUT2D eigenvalue weighted by Gasteiger charge is 2.34. The summed E-state index contributed by atoms with van der Waals surface area (Å²) in [6.45, 7) is 8.21. The van der Waals surface area contributed by atoms with Gasteiger partial charge in [-0.15, -0.1) is 0 Å². The van der Waals surface area contributed by atoms with Gasteiger partial charge in [0.1, 0.15) is 5.75 Å². The molecule has 0 aliphatic carbocycles. The molecule has 26 heavy (non-hydrogen) atoms. The summed E-state index contributed by atoms with van der Waals surface area (Å²) >= 11 is 0.